The average Bonchev–Trinajstić information content (AvgIpc) is 2.36. The summed E-state index contributed by atoms with van der Waals surface area (Å²) in [5.74, 6) is 0.496. The molecule has 1 heterocycles. The highest BCUT2D eigenvalue weighted by Gasteiger charge is 2.10. The number of benzene rings is 1. The fraction of sp³-hybridized carbons (Fsp3) is 0.0833. The van der Waals surface area contributed by atoms with E-state index in [1.807, 2.05) is 13.0 Å². The predicted octanol–water partition coefficient (Wildman–Crippen LogP) is 3.58. The third-order valence-electron chi connectivity index (χ3n) is 2.49. The van der Waals surface area contributed by atoms with Gasteiger partial charge in [0.1, 0.15) is 4.99 Å². The lowest BCUT2D eigenvalue weighted by molar-refractivity contribution is 1.03. The molecule has 19 heavy (non-hydrogen) atoms. The Morgan fingerprint density at radius 2 is 2.21 bits per heavy atom. The number of nitrogens with zero attached hydrogens (tertiary/aromatic N) is 2. The standard InChI is InChI=1S/C12H10BrClN4S/c1-6-4-8(13)10(5-9(6)14)17-12-7(11(15)19)2-3-16-18-12/h2-5H,1H3,(H2,15,19)(H,17,18). The lowest BCUT2D eigenvalue weighted by Crippen LogP contribution is -2.13. The highest BCUT2D eigenvalue weighted by Crippen LogP contribution is 2.31. The van der Waals surface area contributed by atoms with E-state index in [1.54, 1.807) is 12.1 Å². The molecule has 0 amide bonds. The summed E-state index contributed by atoms with van der Waals surface area (Å²) in [5.41, 5.74) is 8.03. The second-order valence-corrected chi connectivity index (χ2v) is 5.57. The minimum Gasteiger partial charge on any atom is -0.389 e. The molecular weight excluding hydrogens is 348 g/mol. The van der Waals surface area contributed by atoms with Crippen LogP contribution in [-0.2, 0) is 0 Å². The lowest BCUT2D eigenvalue weighted by atomic mass is 10.2. The highest BCUT2D eigenvalue weighted by molar-refractivity contribution is 9.10. The van der Waals surface area contributed by atoms with Gasteiger partial charge >= 0.3 is 0 Å². The largest absolute Gasteiger partial charge is 0.389 e. The van der Waals surface area contributed by atoms with E-state index in [2.05, 4.69) is 31.4 Å². The summed E-state index contributed by atoms with van der Waals surface area (Å²) in [6.07, 6.45) is 1.54. The fourth-order valence-corrected chi connectivity index (χ4v) is 2.38. The molecule has 0 aliphatic heterocycles. The van der Waals surface area contributed by atoms with Crippen molar-refractivity contribution >= 4 is 56.2 Å². The molecule has 0 aliphatic rings. The molecule has 0 unspecified atom stereocenters. The molecule has 0 saturated heterocycles. The SMILES string of the molecule is Cc1cc(Br)c(Nc2nnccc2C(N)=S)cc1Cl. The normalized spacial score (nSPS) is 10.3. The van der Waals surface area contributed by atoms with Crippen molar-refractivity contribution in [3.8, 4) is 0 Å². The van der Waals surface area contributed by atoms with Crippen LogP contribution in [0.3, 0.4) is 0 Å². The zero-order valence-corrected chi connectivity index (χ0v) is 13.1. The maximum Gasteiger partial charge on any atom is 0.163 e. The summed E-state index contributed by atoms with van der Waals surface area (Å²) in [5, 5.41) is 11.6. The van der Waals surface area contributed by atoms with Crippen molar-refractivity contribution in [2.45, 2.75) is 6.92 Å². The van der Waals surface area contributed by atoms with Crippen molar-refractivity contribution < 1.29 is 0 Å². The minimum absolute atomic E-state index is 0.256. The fourth-order valence-electron chi connectivity index (χ4n) is 1.49. The van der Waals surface area contributed by atoms with E-state index in [4.69, 9.17) is 29.6 Å². The Labute approximate surface area is 129 Å². The summed E-state index contributed by atoms with van der Waals surface area (Å²) >= 11 is 14.6. The van der Waals surface area contributed by atoms with E-state index < -0.39 is 0 Å². The second-order valence-electron chi connectivity index (χ2n) is 3.86. The number of aryl methyl sites for hydroxylation is 1. The molecule has 98 valence electrons. The molecule has 2 rings (SSSR count). The molecule has 0 atom stereocenters. The van der Waals surface area contributed by atoms with Crippen LogP contribution in [0.4, 0.5) is 11.5 Å². The van der Waals surface area contributed by atoms with E-state index in [0.29, 0.717) is 16.4 Å². The molecule has 1 aromatic carbocycles. The molecule has 1 aromatic heterocycles. The van der Waals surface area contributed by atoms with Gasteiger partial charge in [-0.2, -0.15) is 5.10 Å². The van der Waals surface area contributed by atoms with Gasteiger partial charge < -0.3 is 11.1 Å². The zero-order valence-electron chi connectivity index (χ0n) is 9.95. The van der Waals surface area contributed by atoms with Crippen molar-refractivity contribution in [1.29, 1.82) is 0 Å². The maximum atomic E-state index is 6.11. The van der Waals surface area contributed by atoms with Crippen LogP contribution in [0.15, 0.2) is 28.9 Å². The molecule has 3 N–H and O–H groups in total. The third kappa shape index (κ3) is 3.20. The molecule has 4 nitrogen and oxygen atoms in total. The van der Waals surface area contributed by atoms with Gasteiger partial charge in [0, 0.05) is 9.50 Å². The van der Waals surface area contributed by atoms with Crippen LogP contribution >= 0.6 is 39.7 Å². The molecule has 2 aromatic rings. The Hall–Kier alpha value is -1.24. The Morgan fingerprint density at radius 3 is 2.89 bits per heavy atom. The molecule has 0 bridgehead atoms. The van der Waals surface area contributed by atoms with Crippen LogP contribution in [0.5, 0.6) is 0 Å². The molecule has 0 aliphatic carbocycles. The number of hydrogen-bond acceptors (Lipinski definition) is 4. The van der Waals surface area contributed by atoms with Gasteiger partial charge in [0.15, 0.2) is 5.82 Å². The number of hydrogen-bond donors (Lipinski definition) is 2. The van der Waals surface area contributed by atoms with Crippen molar-refractivity contribution in [3.05, 3.63) is 45.0 Å². The van der Waals surface area contributed by atoms with E-state index in [-0.39, 0.29) is 4.99 Å². The van der Waals surface area contributed by atoms with Gasteiger partial charge in [0.05, 0.1) is 17.4 Å². The maximum absolute atomic E-state index is 6.11. The number of nitrogens with one attached hydrogen (secondary N) is 1. The van der Waals surface area contributed by atoms with Crippen LogP contribution < -0.4 is 11.1 Å². The van der Waals surface area contributed by atoms with Gasteiger partial charge in [-0.15, -0.1) is 5.10 Å². The van der Waals surface area contributed by atoms with Crippen molar-refractivity contribution in [2.75, 3.05) is 5.32 Å². The van der Waals surface area contributed by atoms with Crippen molar-refractivity contribution in [2.24, 2.45) is 5.73 Å². The molecule has 0 radical (unpaired) electrons. The minimum atomic E-state index is 0.256. The summed E-state index contributed by atoms with van der Waals surface area (Å²) in [7, 11) is 0. The van der Waals surface area contributed by atoms with E-state index in [0.717, 1.165) is 15.7 Å². The molecular formula is C12H10BrClN4S. The van der Waals surface area contributed by atoms with Crippen molar-refractivity contribution in [1.82, 2.24) is 10.2 Å². The average molecular weight is 358 g/mol. The number of rotatable bonds is 3. The first-order chi connectivity index (χ1) is 8.99. The summed E-state index contributed by atoms with van der Waals surface area (Å²) in [4.78, 5) is 0.256. The summed E-state index contributed by atoms with van der Waals surface area (Å²) in [6.45, 7) is 1.93. The third-order valence-corrected chi connectivity index (χ3v) is 3.77. The van der Waals surface area contributed by atoms with E-state index >= 15 is 0 Å². The Kier molecular flexibility index (Phi) is 4.34. The molecule has 0 saturated carbocycles. The number of anilines is 2. The number of aromatic nitrogens is 2. The predicted molar refractivity (Wildman–Crippen MR) is 85.1 cm³/mol. The smallest absolute Gasteiger partial charge is 0.163 e. The first-order valence-electron chi connectivity index (χ1n) is 5.33. The second kappa shape index (κ2) is 5.81. The molecule has 0 fully saturated rings. The van der Waals surface area contributed by atoms with Gasteiger partial charge in [-0.3, -0.25) is 0 Å². The quantitative estimate of drug-likeness (QED) is 0.822. The Bertz CT molecular complexity index is 648. The molecule has 0 spiro atoms. The van der Waals surface area contributed by atoms with Crippen LogP contribution in [0.2, 0.25) is 5.02 Å². The number of nitrogens with two attached hydrogens (primary N) is 1. The highest BCUT2D eigenvalue weighted by atomic mass is 79.9. The molecule has 7 heteroatoms. The van der Waals surface area contributed by atoms with Crippen LogP contribution in [0.1, 0.15) is 11.1 Å². The zero-order chi connectivity index (χ0) is 14.0. The first kappa shape index (κ1) is 14.2. The summed E-state index contributed by atoms with van der Waals surface area (Å²) in [6, 6.07) is 5.43. The van der Waals surface area contributed by atoms with Crippen LogP contribution in [0.25, 0.3) is 0 Å². The first-order valence-corrected chi connectivity index (χ1v) is 6.91. The van der Waals surface area contributed by atoms with Gasteiger partial charge in [-0.1, -0.05) is 23.8 Å². The van der Waals surface area contributed by atoms with Gasteiger partial charge in [0.2, 0.25) is 0 Å². The van der Waals surface area contributed by atoms with E-state index in [9.17, 15) is 0 Å². The van der Waals surface area contributed by atoms with Crippen LogP contribution in [0, 0.1) is 6.92 Å². The number of halogens is 2. The summed E-state index contributed by atoms with van der Waals surface area (Å²) < 4.78 is 0.869. The lowest BCUT2D eigenvalue weighted by Gasteiger charge is -2.12. The topological polar surface area (TPSA) is 63.8 Å². The van der Waals surface area contributed by atoms with Crippen molar-refractivity contribution in [3.63, 3.8) is 0 Å². The number of thiocarbonyl (C=S) groups is 1. The van der Waals surface area contributed by atoms with Gasteiger partial charge in [-0.25, -0.2) is 0 Å². The monoisotopic (exact) mass is 356 g/mol. The van der Waals surface area contributed by atoms with Gasteiger partial charge in [-0.05, 0) is 46.6 Å². The Balaban J connectivity index is 2.42. The van der Waals surface area contributed by atoms with E-state index in [1.165, 1.54) is 6.20 Å². The van der Waals surface area contributed by atoms with Crippen LogP contribution in [-0.4, -0.2) is 15.2 Å². The van der Waals surface area contributed by atoms with Gasteiger partial charge in [0.25, 0.3) is 0 Å². The Morgan fingerprint density at radius 1 is 1.47 bits per heavy atom.